The number of rotatable bonds is 6. The number of carbonyl (C=O) groups excluding carboxylic acids is 1. The second-order valence-electron chi connectivity index (χ2n) is 9.79. The fourth-order valence-electron chi connectivity index (χ4n) is 4.63. The van der Waals surface area contributed by atoms with Gasteiger partial charge in [0, 0.05) is 29.6 Å². The molecule has 4 rings (SSSR count). The third kappa shape index (κ3) is 5.61. The zero-order valence-electron chi connectivity index (χ0n) is 22.3. The number of nitrogens with zero attached hydrogens (tertiary/aromatic N) is 4. The van der Waals surface area contributed by atoms with Gasteiger partial charge in [-0.15, -0.1) is 0 Å². The van der Waals surface area contributed by atoms with Crippen molar-refractivity contribution in [1.29, 1.82) is 0 Å². The van der Waals surface area contributed by atoms with E-state index in [2.05, 4.69) is 10.1 Å². The summed E-state index contributed by atoms with van der Waals surface area (Å²) in [7, 11) is 0. The standard InChI is InChI=1S/C28H24Cl2F6N4O/c1-5-39(25(41)26(3,4)15-10-16(27(31,32)33)12-17(11-15)28(34,35)36)21-14-37-24-19(13-38-40(24)6-2)22(21)18-8-7-9-20(29)23(18)30/h7-14H,5-6H2,1-4H3. The molecule has 0 saturated heterocycles. The molecule has 218 valence electrons. The number of aromatic nitrogens is 3. The lowest BCUT2D eigenvalue weighted by molar-refractivity contribution is -0.143. The number of aryl methyl sites for hydroxylation is 1. The summed E-state index contributed by atoms with van der Waals surface area (Å²) in [5.74, 6) is -0.754. The molecular formula is C28H24Cl2F6N4O. The summed E-state index contributed by atoms with van der Waals surface area (Å²) >= 11 is 12.9. The second kappa shape index (κ2) is 10.8. The molecule has 0 radical (unpaired) electrons. The van der Waals surface area contributed by atoms with Crippen molar-refractivity contribution in [2.75, 3.05) is 11.4 Å². The molecule has 2 aromatic heterocycles. The third-order valence-corrected chi connectivity index (χ3v) is 7.68. The Morgan fingerprint density at radius 3 is 2.05 bits per heavy atom. The van der Waals surface area contributed by atoms with Gasteiger partial charge in [0.25, 0.3) is 0 Å². The van der Waals surface area contributed by atoms with Gasteiger partial charge in [0.05, 0.1) is 44.7 Å². The Hall–Kier alpha value is -3.31. The first-order chi connectivity index (χ1) is 19.0. The lowest BCUT2D eigenvalue weighted by atomic mass is 9.81. The molecule has 2 aromatic carbocycles. The molecule has 0 spiro atoms. The van der Waals surface area contributed by atoms with Crippen LogP contribution in [0.3, 0.4) is 0 Å². The minimum absolute atomic E-state index is 0.00758. The van der Waals surface area contributed by atoms with Crippen LogP contribution in [-0.2, 0) is 29.1 Å². The smallest absolute Gasteiger partial charge is 0.310 e. The lowest BCUT2D eigenvalue weighted by Crippen LogP contribution is -2.44. The molecule has 0 atom stereocenters. The molecule has 5 nitrogen and oxygen atoms in total. The SMILES string of the molecule is CCN(C(=O)C(C)(C)c1cc(C(F)(F)F)cc(C(F)(F)F)c1)c1cnc2c(cnn2CC)c1-c1cccc(Cl)c1Cl. The summed E-state index contributed by atoms with van der Waals surface area (Å²) in [6.45, 7) is 6.54. The van der Waals surface area contributed by atoms with Crippen LogP contribution in [-0.4, -0.2) is 27.2 Å². The largest absolute Gasteiger partial charge is 0.416 e. The Kier molecular flexibility index (Phi) is 8.09. The summed E-state index contributed by atoms with van der Waals surface area (Å²) in [6.07, 6.45) is -7.17. The van der Waals surface area contributed by atoms with Gasteiger partial charge in [0.1, 0.15) is 0 Å². The Labute approximate surface area is 241 Å². The maximum Gasteiger partial charge on any atom is 0.416 e. The lowest BCUT2D eigenvalue weighted by Gasteiger charge is -2.33. The van der Waals surface area contributed by atoms with Crippen LogP contribution in [0.2, 0.25) is 10.0 Å². The van der Waals surface area contributed by atoms with Crippen molar-refractivity contribution in [2.45, 2.75) is 52.0 Å². The van der Waals surface area contributed by atoms with E-state index in [0.717, 1.165) is 0 Å². The van der Waals surface area contributed by atoms with Crippen molar-refractivity contribution < 1.29 is 31.1 Å². The van der Waals surface area contributed by atoms with Gasteiger partial charge in [-0.25, -0.2) is 9.67 Å². The normalized spacial score (nSPS) is 12.7. The van der Waals surface area contributed by atoms with Crippen molar-refractivity contribution in [3.8, 4) is 11.1 Å². The molecule has 13 heteroatoms. The number of hydrogen-bond acceptors (Lipinski definition) is 3. The maximum absolute atomic E-state index is 14.1. The Morgan fingerprint density at radius 2 is 1.51 bits per heavy atom. The first kappa shape index (κ1) is 30.6. The number of alkyl halides is 6. The number of carbonyl (C=O) groups is 1. The number of anilines is 1. The van der Waals surface area contributed by atoms with Crippen molar-refractivity contribution in [3.05, 3.63) is 75.5 Å². The zero-order chi connectivity index (χ0) is 30.5. The fraction of sp³-hybridized carbons (Fsp3) is 0.321. The van der Waals surface area contributed by atoms with E-state index in [1.54, 1.807) is 36.0 Å². The minimum Gasteiger partial charge on any atom is -0.310 e. The monoisotopic (exact) mass is 616 g/mol. The second-order valence-corrected chi connectivity index (χ2v) is 10.6. The Balaban J connectivity index is 1.95. The van der Waals surface area contributed by atoms with Crippen molar-refractivity contribution in [2.24, 2.45) is 0 Å². The van der Waals surface area contributed by atoms with E-state index < -0.39 is 40.4 Å². The average Bonchev–Trinajstić information content (AvgIpc) is 3.32. The highest BCUT2D eigenvalue weighted by Crippen LogP contribution is 2.44. The number of benzene rings is 2. The van der Waals surface area contributed by atoms with Gasteiger partial charge in [-0.3, -0.25) is 4.79 Å². The average molecular weight is 617 g/mol. The number of halogens is 8. The van der Waals surface area contributed by atoms with Crippen LogP contribution >= 0.6 is 23.2 Å². The van der Waals surface area contributed by atoms with Crippen LogP contribution in [0.15, 0.2) is 48.8 Å². The molecular weight excluding hydrogens is 593 g/mol. The third-order valence-electron chi connectivity index (χ3n) is 6.86. The van der Waals surface area contributed by atoms with Gasteiger partial charge in [-0.1, -0.05) is 35.3 Å². The van der Waals surface area contributed by atoms with Crippen LogP contribution in [0.5, 0.6) is 0 Å². The van der Waals surface area contributed by atoms with E-state index in [1.165, 1.54) is 24.9 Å². The molecule has 0 aliphatic heterocycles. The van der Waals surface area contributed by atoms with E-state index in [0.29, 0.717) is 40.8 Å². The molecule has 0 aliphatic rings. The van der Waals surface area contributed by atoms with E-state index in [1.807, 2.05) is 6.92 Å². The predicted molar refractivity (Wildman–Crippen MR) is 146 cm³/mol. The van der Waals surface area contributed by atoms with E-state index in [4.69, 9.17) is 23.2 Å². The van der Waals surface area contributed by atoms with Gasteiger partial charge < -0.3 is 4.90 Å². The first-order valence-electron chi connectivity index (χ1n) is 12.4. The molecule has 41 heavy (non-hydrogen) atoms. The highest BCUT2D eigenvalue weighted by atomic mass is 35.5. The van der Waals surface area contributed by atoms with Gasteiger partial charge in [-0.05, 0) is 57.5 Å². The van der Waals surface area contributed by atoms with E-state index in [-0.39, 0.29) is 28.3 Å². The Bertz CT molecular complexity index is 1600. The fourth-order valence-corrected chi connectivity index (χ4v) is 5.03. The van der Waals surface area contributed by atoms with Crippen LogP contribution < -0.4 is 4.90 Å². The molecule has 1 amide bonds. The quantitative estimate of drug-likeness (QED) is 0.203. The van der Waals surface area contributed by atoms with E-state index >= 15 is 0 Å². The minimum atomic E-state index is -5.07. The summed E-state index contributed by atoms with van der Waals surface area (Å²) in [4.78, 5) is 19.8. The highest BCUT2D eigenvalue weighted by Gasteiger charge is 2.42. The molecule has 0 aliphatic carbocycles. The number of pyridine rings is 1. The van der Waals surface area contributed by atoms with Gasteiger partial charge >= 0.3 is 12.4 Å². The topological polar surface area (TPSA) is 51.0 Å². The molecule has 0 fully saturated rings. The van der Waals surface area contributed by atoms with Crippen LogP contribution in [0.25, 0.3) is 22.2 Å². The number of hydrogen-bond donors (Lipinski definition) is 0. The highest BCUT2D eigenvalue weighted by molar-refractivity contribution is 6.44. The van der Waals surface area contributed by atoms with Gasteiger partial charge in [-0.2, -0.15) is 31.4 Å². The molecule has 0 bridgehead atoms. The van der Waals surface area contributed by atoms with Crippen molar-refractivity contribution in [1.82, 2.24) is 14.8 Å². The maximum atomic E-state index is 14.1. The molecule has 0 N–H and O–H groups in total. The van der Waals surface area contributed by atoms with Crippen molar-refractivity contribution >= 4 is 45.8 Å². The van der Waals surface area contributed by atoms with Crippen molar-refractivity contribution in [3.63, 3.8) is 0 Å². The summed E-state index contributed by atoms with van der Waals surface area (Å²) in [6, 6.07) is 6.10. The van der Waals surface area contributed by atoms with Gasteiger partial charge in [0.15, 0.2) is 5.65 Å². The van der Waals surface area contributed by atoms with Crippen LogP contribution in [0.4, 0.5) is 32.0 Å². The Morgan fingerprint density at radius 1 is 0.927 bits per heavy atom. The molecule has 2 heterocycles. The summed E-state index contributed by atoms with van der Waals surface area (Å²) in [5.41, 5.74) is -3.68. The van der Waals surface area contributed by atoms with Gasteiger partial charge in [0.2, 0.25) is 5.91 Å². The first-order valence-corrected chi connectivity index (χ1v) is 13.2. The van der Waals surface area contributed by atoms with Crippen LogP contribution in [0.1, 0.15) is 44.4 Å². The molecule has 4 aromatic rings. The van der Waals surface area contributed by atoms with E-state index in [9.17, 15) is 31.1 Å². The van der Waals surface area contributed by atoms with Crippen LogP contribution in [0, 0.1) is 0 Å². The zero-order valence-corrected chi connectivity index (χ0v) is 23.8. The number of amides is 1. The number of fused-ring (bicyclic) bond motifs is 1. The molecule has 0 saturated carbocycles. The number of likely N-dealkylation sites (N-methyl/N-ethyl adjacent to an activating group) is 1. The molecule has 0 unspecified atom stereocenters. The predicted octanol–water partition coefficient (Wildman–Crippen LogP) is 8.79. The summed E-state index contributed by atoms with van der Waals surface area (Å²) in [5, 5.41) is 5.29. The summed E-state index contributed by atoms with van der Waals surface area (Å²) < 4.78 is 83.3.